The third-order valence-electron chi connectivity index (χ3n) is 3.72. The maximum Gasteiger partial charge on any atom is 0.0526 e. The molecule has 0 unspecified atom stereocenters. The van der Waals surface area contributed by atoms with E-state index in [0.29, 0.717) is 0 Å². The Morgan fingerprint density at radius 3 is 2.57 bits per heavy atom. The molecule has 0 saturated carbocycles. The molecule has 2 nitrogen and oxygen atoms in total. The molecule has 111 valence electrons. The molecule has 0 saturated heterocycles. The largest absolute Gasteiger partial charge is 0.531 e. The zero-order valence-corrected chi connectivity index (χ0v) is 14.8. The van der Waals surface area contributed by atoms with E-state index in [-0.39, 0.29) is 25.5 Å². The molecule has 0 spiro atoms. The molecule has 0 amide bonds. The summed E-state index contributed by atoms with van der Waals surface area (Å²) in [7, 11) is 0. The van der Waals surface area contributed by atoms with Crippen molar-refractivity contribution in [2.75, 3.05) is 0 Å². The minimum Gasteiger partial charge on any atom is -0.531 e. The molecule has 0 bridgehead atoms. The minimum atomic E-state index is -0.288. The van der Waals surface area contributed by atoms with Gasteiger partial charge in [-0.05, 0) is 32.4 Å². The maximum absolute atomic E-state index is 5.97. The molecule has 1 aromatic carbocycles. The first-order valence-electron chi connectivity index (χ1n) is 6.99. The average Bonchev–Trinajstić information content (AvgIpc) is 2.92. The van der Waals surface area contributed by atoms with Crippen LogP contribution < -0.4 is 0 Å². The van der Waals surface area contributed by atoms with E-state index in [4.69, 9.17) is 9.40 Å². The van der Waals surface area contributed by atoms with E-state index in [9.17, 15) is 0 Å². The van der Waals surface area contributed by atoms with Crippen LogP contribution in [0.5, 0.6) is 0 Å². The van der Waals surface area contributed by atoms with Crippen LogP contribution in [-0.4, -0.2) is 4.98 Å². The number of hydrogen-bond donors (Lipinski definition) is 0. The Morgan fingerprint density at radius 2 is 1.86 bits per heavy atom. The molecule has 0 aliphatic heterocycles. The van der Waals surface area contributed by atoms with Gasteiger partial charge in [-0.25, -0.2) is 0 Å². The molecule has 2 heterocycles. The van der Waals surface area contributed by atoms with Crippen LogP contribution in [0.3, 0.4) is 0 Å². The van der Waals surface area contributed by atoms with Crippen LogP contribution in [0.2, 0.25) is 0 Å². The number of rotatable bonds is 3. The van der Waals surface area contributed by atoms with Crippen LogP contribution in [0, 0.1) is 6.07 Å². The summed E-state index contributed by atoms with van der Waals surface area (Å²) < 4.78 is 5.97. The van der Waals surface area contributed by atoms with Crippen molar-refractivity contribution >= 4 is 11.0 Å². The molecule has 0 fully saturated rings. The molecule has 21 heavy (non-hydrogen) atoms. The number of aryl methyl sites for hydroxylation is 1. The van der Waals surface area contributed by atoms with Crippen LogP contribution in [0.4, 0.5) is 0 Å². The fourth-order valence-corrected chi connectivity index (χ4v) is 2.34. The molecular weight excluding hydrogens is 438 g/mol. The summed E-state index contributed by atoms with van der Waals surface area (Å²) in [5.41, 5.74) is 2.71. The predicted octanol–water partition coefficient (Wildman–Crippen LogP) is 4.51. The normalized spacial score (nSPS) is 11.4. The van der Waals surface area contributed by atoms with E-state index < -0.39 is 0 Å². The number of aromatic nitrogens is 1. The van der Waals surface area contributed by atoms with Crippen molar-refractivity contribution in [3.63, 3.8) is 0 Å². The van der Waals surface area contributed by atoms with E-state index in [1.807, 2.05) is 24.3 Å². The summed E-state index contributed by atoms with van der Waals surface area (Å²) in [6.07, 6.45) is 0.938. The molecule has 0 atom stereocenters. The van der Waals surface area contributed by atoms with Crippen molar-refractivity contribution in [3.8, 4) is 0 Å². The van der Waals surface area contributed by atoms with Crippen molar-refractivity contribution in [1.82, 2.24) is 4.98 Å². The van der Waals surface area contributed by atoms with Crippen LogP contribution in [0.1, 0.15) is 37.9 Å². The molecule has 3 aromatic rings. The Hall–Kier alpha value is -1.44. The topological polar surface area (TPSA) is 26.0 Å². The third-order valence-corrected chi connectivity index (χ3v) is 3.72. The number of para-hydroxylation sites is 1. The molecule has 1 radical (unpaired) electrons. The van der Waals surface area contributed by atoms with Crippen molar-refractivity contribution in [3.05, 3.63) is 65.7 Å². The zero-order valence-electron chi connectivity index (χ0n) is 12.4. The van der Waals surface area contributed by atoms with Gasteiger partial charge in [-0.15, -0.1) is 17.5 Å². The molecule has 0 aliphatic carbocycles. The standard InChI is InChI=1S/C18H18NO.Ir/c1-4-14-9-7-11-16(19-14)18(2,3)17-12-13-8-5-6-10-15(13)20-17;/h5-11H,4H2,1-3H3;/q-1;. The summed E-state index contributed by atoms with van der Waals surface area (Å²) >= 11 is 0. The van der Waals surface area contributed by atoms with Gasteiger partial charge in [0.05, 0.1) is 11.1 Å². The van der Waals surface area contributed by atoms with Crippen molar-refractivity contribution in [2.45, 2.75) is 32.6 Å². The second kappa shape index (κ2) is 6.13. The Morgan fingerprint density at radius 1 is 1.10 bits per heavy atom. The maximum atomic E-state index is 5.97. The first-order chi connectivity index (χ1) is 9.61. The predicted molar refractivity (Wildman–Crippen MR) is 80.8 cm³/mol. The third kappa shape index (κ3) is 2.95. The van der Waals surface area contributed by atoms with Gasteiger partial charge in [0, 0.05) is 37.1 Å². The number of fused-ring (bicyclic) bond motifs is 1. The molecule has 0 N–H and O–H groups in total. The minimum absolute atomic E-state index is 0. The number of furan rings is 1. The number of benzene rings is 1. The quantitative estimate of drug-likeness (QED) is 0.542. The second-order valence-corrected chi connectivity index (χ2v) is 5.55. The molecule has 3 rings (SSSR count). The van der Waals surface area contributed by atoms with Gasteiger partial charge in [0.25, 0.3) is 0 Å². The molecular formula is C18H18IrNO-. The Bertz CT molecular complexity index is 713. The van der Waals surface area contributed by atoms with Gasteiger partial charge >= 0.3 is 0 Å². The summed E-state index contributed by atoms with van der Waals surface area (Å²) in [6.45, 7) is 6.37. The van der Waals surface area contributed by atoms with Gasteiger partial charge < -0.3 is 4.42 Å². The smallest absolute Gasteiger partial charge is 0.0526 e. The Balaban J connectivity index is 0.00000161. The van der Waals surface area contributed by atoms with E-state index >= 15 is 0 Å². The Labute approximate surface area is 138 Å². The van der Waals surface area contributed by atoms with E-state index in [1.54, 1.807) is 0 Å². The second-order valence-electron chi connectivity index (χ2n) is 5.55. The Kier molecular flexibility index (Phi) is 4.65. The first-order valence-corrected chi connectivity index (χ1v) is 6.99. The number of nitrogens with zero attached hydrogens (tertiary/aromatic N) is 1. The van der Waals surface area contributed by atoms with Crippen molar-refractivity contribution < 1.29 is 24.5 Å². The molecule has 2 aromatic heterocycles. The van der Waals surface area contributed by atoms with Crippen LogP contribution in [0.15, 0.2) is 46.9 Å². The SMILES string of the molecule is CCc1cccc(C(C)(C)c2[c-]c3ccccc3o2)n1.[Ir]. The summed E-state index contributed by atoms with van der Waals surface area (Å²) in [5.74, 6) is 0.833. The summed E-state index contributed by atoms with van der Waals surface area (Å²) in [4.78, 5) is 4.73. The monoisotopic (exact) mass is 457 g/mol. The van der Waals surface area contributed by atoms with Gasteiger partial charge in [-0.2, -0.15) is 6.07 Å². The molecule has 3 heteroatoms. The fraction of sp³-hybridized carbons (Fsp3) is 0.278. The van der Waals surface area contributed by atoms with Crippen LogP contribution in [-0.2, 0) is 31.9 Å². The summed E-state index contributed by atoms with van der Waals surface area (Å²) in [5, 5.41) is 1.02. The van der Waals surface area contributed by atoms with E-state index in [0.717, 1.165) is 34.5 Å². The van der Waals surface area contributed by atoms with Crippen molar-refractivity contribution in [2.24, 2.45) is 0 Å². The number of pyridine rings is 1. The van der Waals surface area contributed by atoms with Crippen LogP contribution in [0.25, 0.3) is 11.0 Å². The van der Waals surface area contributed by atoms with E-state index in [1.165, 1.54) is 0 Å². The first kappa shape index (κ1) is 15.9. The van der Waals surface area contributed by atoms with Gasteiger partial charge in [0.1, 0.15) is 0 Å². The molecule has 0 aliphatic rings. The van der Waals surface area contributed by atoms with Crippen LogP contribution >= 0.6 is 0 Å². The van der Waals surface area contributed by atoms with E-state index in [2.05, 4.69) is 45.0 Å². The van der Waals surface area contributed by atoms with Gasteiger partial charge in [0.2, 0.25) is 0 Å². The number of hydrogen-bond acceptors (Lipinski definition) is 2. The van der Waals surface area contributed by atoms with Gasteiger partial charge in [-0.1, -0.05) is 25.1 Å². The average molecular weight is 457 g/mol. The van der Waals surface area contributed by atoms with Crippen molar-refractivity contribution in [1.29, 1.82) is 0 Å². The summed E-state index contributed by atoms with van der Waals surface area (Å²) in [6, 6.07) is 17.5. The van der Waals surface area contributed by atoms with Gasteiger partial charge in [-0.3, -0.25) is 4.98 Å². The van der Waals surface area contributed by atoms with Gasteiger partial charge in [0.15, 0.2) is 0 Å². The fourth-order valence-electron chi connectivity index (χ4n) is 2.34. The zero-order chi connectivity index (χ0) is 14.2.